The second kappa shape index (κ2) is 5.27. The van der Waals surface area contributed by atoms with Gasteiger partial charge >= 0.3 is 0 Å². The van der Waals surface area contributed by atoms with E-state index in [1.165, 1.54) is 4.88 Å². The third kappa shape index (κ3) is 3.47. The Morgan fingerprint density at radius 2 is 2.42 bits per heavy atom. The van der Waals surface area contributed by atoms with Crippen LogP contribution in [0.5, 0.6) is 0 Å². The van der Waals surface area contributed by atoms with Crippen molar-refractivity contribution >= 4 is 39.0 Å². The molecule has 1 atom stereocenters. The van der Waals surface area contributed by atoms with Gasteiger partial charge in [0.2, 0.25) is 0 Å². The normalized spacial score (nSPS) is 13.2. The molecule has 0 radical (unpaired) electrons. The van der Waals surface area contributed by atoms with Gasteiger partial charge in [0.15, 0.2) is 0 Å². The van der Waals surface area contributed by atoms with Gasteiger partial charge in [-0.2, -0.15) is 11.8 Å². The van der Waals surface area contributed by atoms with E-state index in [-0.39, 0.29) is 6.10 Å². The van der Waals surface area contributed by atoms with Crippen LogP contribution in [0.4, 0.5) is 0 Å². The minimum Gasteiger partial charge on any atom is -0.392 e. The van der Waals surface area contributed by atoms with E-state index < -0.39 is 0 Å². The van der Waals surface area contributed by atoms with Crippen LogP contribution in [-0.4, -0.2) is 23.2 Å². The van der Waals surface area contributed by atoms with Crippen LogP contribution < -0.4 is 0 Å². The average molecular weight is 267 g/mol. The first-order valence-electron chi connectivity index (χ1n) is 3.63. The lowest BCUT2D eigenvalue weighted by molar-refractivity contribution is 0.201. The number of rotatable bonds is 4. The Balaban J connectivity index is 2.41. The van der Waals surface area contributed by atoms with Crippen molar-refractivity contribution in [3.63, 3.8) is 0 Å². The smallest absolute Gasteiger partial charge is 0.0701 e. The van der Waals surface area contributed by atoms with Gasteiger partial charge < -0.3 is 5.11 Å². The molecule has 0 aliphatic carbocycles. The van der Waals surface area contributed by atoms with Crippen molar-refractivity contribution in [2.45, 2.75) is 12.5 Å². The van der Waals surface area contributed by atoms with E-state index in [0.29, 0.717) is 0 Å². The maximum atomic E-state index is 9.48. The van der Waals surface area contributed by atoms with Crippen LogP contribution in [0.25, 0.3) is 0 Å². The van der Waals surface area contributed by atoms with E-state index in [2.05, 4.69) is 22.0 Å². The summed E-state index contributed by atoms with van der Waals surface area (Å²) in [5.74, 6) is 0.815. The van der Waals surface area contributed by atoms with Gasteiger partial charge in [-0.15, -0.1) is 11.3 Å². The Morgan fingerprint density at radius 3 is 2.92 bits per heavy atom. The maximum Gasteiger partial charge on any atom is 0.0701 e. The molecule has 1 aromatic heterocycles. The molecule has 0 saturated carbocycles. The summed E-state index contributed by atoms with van der Waals surface area (Å²) >= 11 is 6.76. The van der Waals surface area contributed by atoms with Crippen LogP contribution in [0.15, 0.2) is 15.9 Å². The van der Waals surface area contributed by atoms with Crippen LogP contribution in [0, 0.1) is 0 Å². The molecule has 0 saturated heterocycles. The summed E-state index contributed by atoms with van der Waals surface area (Å²) in [4.78, 5) is 1.24. The van der Waals surface area contributed by atoms with E-state index >= 15 is 0 Å². The summed E-state index contributed by atoms with van der Waals surface area (Å²) in [6, 6.07) is 4.07. The molecule has 1 unspecified atom stereocenters. The number of thioether (sulfide) groups is 1. The number of halogens is 1. The Morgan fingerprint density at radius 1 is 1.67 bits per heavy atom. The summed E-state index contributed by atoms with van der Waals surface area (Å²) < 4.78 is 1.13. The first kappa shape index (κ1) is 10.6. The molecular formula is C8H11BrOS2. The number of thiophene rings is 1. The van der Waals surface area contributed by atoms with Crippen LogP contribution in [0.1, 0.15) is 4.88 Å². The van der Waals surface area contributed by atoms with Crippen LogP contribution in [-0.2, 0) is 6.42 Å². The lowest BCUT2D eigenvalue weighted by atomic mass is 10.2. The Kier molecular flexibility index (Phi) is 4.64. The third-order valence-electron chi connectivity index (χ3n) is 1.42. The molecule has 0 amide bonds. The van der Waals surface area contributed by atoms with Gasteiger partial charge in [0.25, 0.3) is 0 Å². The van der Waals surface area contributed by atoms with Gasteiger partial charge in [-0.25, -0.2) is 0 Å². The molecule has 1 aromatic rings. The molecule has 12 heavy (non-hydrogen) atoms. The number of aliphatic hydroxyl groups excluding tert-OH is 1. The molecule has 1 N–H and O–H groups in total. The molecule has 0 aliphatic rings. The molecule has 0 spiro atoms. The fourth-order valence-corrected chi connectivity index (χ4v) is 3.00. The predicted molar refractivity (Wildman–Crippen MR) is 60.1 cm³/mol. The van der Waals surface area contributed by atoms with E-state index in [4.69, 9.17) is 0 Å². The minimum absolute atomic E-state index is 0.203. The topological polar surface area (TPSA) is 20.2 Å². The second-order valence-corrected chi connectivity index (χ2v) is 5.98. The third-order valence-corrected chi connectivity index (χ3v) is 3.79. The van der Waals surface area contributed by atoms with Crippen molar-refractivity contribution in [1.29, 1.82) is 0 Å². The van der Waals surface area contributed by atoms with Crippen LogP contribution in [0.2, 0.25) is 0 Å². The fraction of sp³-hybridized carbons (Fsp3) is 0.500. The van der Waals surface area contributed by atoms with Gasteiger partial charge in [0, 0.05) is 17.1 Å². The highest BCUT2D eigenvalue weighted by Crippen LogP contribution is 2.23. The Bertz CT molecular complexity index is 237. The van der Waals surface area contributed by atoms with Crippen molar-refractivity contribution < 1.29 is 5.11 Å². The SMILES string of the molecule is CSCC(O)Cc1ccc(Br)s1. The standard InChI is InChI=1S/C8H11BrOS2/c1-11-5-6(10)4-7-2-3-8(9)12-7/h2-3,6,10H,4-5H2,1H3. The fourth-order valence-electron chi connectivity index (χ4n) is 0.945. The van der Waals surface area contributed by atoms with Crippen molar-refractivity contribution in [3.8, 4) is 0 Å². The highest BCUT2D eigenvalue weighted by Gasteiger charge is 2.05. The molecule has 68 valence electrons. The molecule has 1 rings (SSSR count). The van der Waals surface area contributed by atoms with E-state index in [0.717, 1.165) is 16.0 Å². The second-order valence-electron chi connectivity index (χ2n) is 2.52. The van der Waals surface area contributed by atoms with Gasteiger partial charge in [-0.3, -0.25) is 0 Å². The summed E-state index contributed by atoms with van der Waals surface area (Å²) in [5, 5.41) is 9.48. The number of aliphatic hydroxyl groups is 1. The zero-order valence-electron chi connectivity index (χ0n) is 6.79. The monoisotopic (exact) mass is 266 g/mol. The zero-order chi connectivity index (χ0) is 8.97. The van der Waals surface area contributed by atoms with Crippen LogP contribution >= 0.6 is 39.0 Å². The van der Waals surface area contributed by atoms with Gasteiger partial charge in [-0.05, 0) is 34.3 Å². The Hall–Kier alpha value is 0.490. The van der Waals surface area contributed by atoms with Gasteiger partial charge in [0.1, 0.15) is 0 Å². The van der Waals surface area contributed by atoms with E-state index in [1.54, 1.807) is 23.1 Å². The molecule has 0 aromatic carbocycles. The van der Waals surface area contributed by atoms with Crippen molar-refractivity contribution in [3.05, 3.63) is 20.8 Å². The largest absolute Gasteiger partial charge is 0.392 e. The molecule has 4 heteroatoms. The highest BCUT2D eigenvalue weighted by atomic mass is 79.9. The zero-order valence-corrected chi connectivity index (χ0v) is 10.0. The Labute approximate surface area is 89.3 Å². The molecule has 0 aliphatic heterocycles. The first-order chi connectivity index (χ1) is 5.72. The summed E-state index contributed by atoms with van der Waals surface area (Å²) in [7, 11) is 0. The summed E-state index contributed by atoms with van der Waals surface area (Å²) in [6.45, 7) is 0. The highest BCUT2D eigenvalue weighted by molar-refractivity contribution is 9.11. The van der Waals surface area contributed by atoms with Crippen molar-refractivity contribution in [1.82, 2.24) is 0 Å². The van der Waals surface area contributed by atoms with Crippen molar-refractivity contribution in [2.24, 2.45) is 0 Å². The average Bonchev–Trinajstić information content (AvgIpc) is 2.36. The maximum absolute atomic E-state index is 9.48. The molecule has 1 heterocycles. The first-order valence-corrected chi connectivity index (χ1v) is 6.64. The molecule has 0 fully saturated rings. The van der Waals surface area contributed by atoms with Crippen molar-refractivity contribution in [2.75, 3.05) is 12.0 Å². The quantitative estimate of drug-likeness (QED) is 0.905. The lowest BCUT2D eigenvalue weighted by Gasteiger charge is -2.05. The molecular weight excluding hydrogens is 256 g/mol. The molecule has 1 nitrogen and oxygen atoms in total. The predicted octanol–water partition coefficient (Wildman–Crippen LogP) is 2.78. The van der Waals surface area contributed by atoms with E-state index in [9.17, 15) is 5.11 Å². The van der Waals surface area contributed by atoms with Gasteiger partial charge in [0.05, 0.1) is 9.89 Å². The minimum atomic E-state index is -0.203. The van der Waals surface area contributed by atoms with Gasteiger partial charge in [-0.1, -0.05) is 0 Å². The summed E-state index contributed by atoms with van der Waals surface area (Å²) in [5.41, 5.74) is 0. The number of hydrogen-bond donors (Lipinski definition) is 1. The number of hydrogen-bond acceptors (Lipinski definition) is 3. The van der Waals surface area contributed by atoms with Crippen LogP contribution in [0.3, 0.4) is 0 Å². The molecule has 0 bridgehead atoms. The van der Waals surface area contributed by atoms with E-state index in [1.807, 2.05) is 12.3 Å². The lowest BCUT2D eigenvalue weighted by Crippen LogP contribution is -2.12. The summed E-state index contributed by atoms with van der Waals surface area (Å²) in [6.07, 6.45) is 2.58.